The summed E-state index contributed by atoms with van der Waals surface area (Å²) < 4.78 is 0. The smallest absolute Gasteiger partial charge is 0.0638 e. The van der Waals surface area contributed by atoms with Gasteiger partial charge in [-0.25, -0.2) is 5.01 Å². The van der Waals surface area contributed by atoms with E-state index < -0.39 is 0 Å². The molecule has 4 nitrogen and oxygen atoms in total. The molecular formula is C6H12N4. The zero-order valence-electron chi connectivity index (χ0n) is 5.88. The van der Waals surface area contributed by atoms with Crippen molar-refractivity contribution in [1.29, 1.82) is 5.26 Å². The molecule has 0 aromatic rings. The molecule has 0 aromatic carbocycles. The Morgan fingerprint density at radius 3 is 3.20 bits per heavy atom. The first-order valence-electron chi connectivity index (χ1n) is 3.43. The highest BCUT2D eigenvalue weighted by Crippen LogP contribution is 1.96. The maximum absolute atomic E-state index is 8.36. The van der Waals surface area contributed by atoms with Gasteiger partial charge in [-0.05, 0) is 0 Å². The molecule has 0 spiro atoms. The average molecular weight is 140 g/mol. The number of piperazine rings is 1. The lowest BCUT2D eigenvalue weighted by Crippen LogP contribution is -2.53. The molecule has 1 fully saturated rings. The van der Waals surface area contributed by atoms with Crippen LogP contribution in [0.1, 0.15) is 6.42 Å². The van der Waals surface area contributed by atoms with E-state index >= 15 is 0 Å². The summed E-state index contributed by atoms with van der Waals surface area (Å²) in [6.07, 6.45) is 0.549. The summed E-state index contributed by atoms with van der Waals surface area (Å²) >= 11 is 0. The molecule has 1 saturated heterocycles. The monoisotopic (exact) mass is 140 g/mol. The number of nitrogens with two attached hydrogens (primary N) is 1. The van der Waals surface area contributed by atoms with E-state index in [1.54, 1.807) is 5.01 Å². The van der Waals surface area contributed by atoms with E-state index in [1.165, 1.54) is 0 Å². The van der Waals surface area contributed by atoms with Crippen LogP contribution in [-0.2, 0) is 0 Å². The maximum Gasteiger partial charge on any atom is 0.0638 e. The predicted octanol–water partition coefficient (Wildman–Crippen LogP) is -0.952. The Morgan fingerprint density at radius 1 is 1.80 bits per heavy atom. The van der Waals surface area contributed by atoms with Crippen LogP contribution in [0.5, 0.6) is 0 Å². The first kappa shape index (κ1) is 7.48. The topological polar surface area (TPSA) is 65.1 Å². The molecule has 0 aliphatic carbocycles. The summed E-state index contributed by atoms with van der Waals surface area (Å²) in [4.78, 5) is 0. The lowest BCUT2D eigenvalue weighted by atomic mass is 10.2. The third-order valence-electron chi connectivity index (χ3n) is 1.62. The number of hydrogen-bond acceptors (Lipinski definition) is 4. The highest BCUT2D eigenvalue weighted by Gasteiger charge is 2.15. The summed E-state index contributed by atoms with van der Waals surface area (Å²) in [7, 11) is 0. The summed E-state index contributed by atoms with van der Waals surface area (Å²) in [5.74, 6) is 5.54. The third-order valence-corrected chi connectivity index (χ3v) is 1.62. The number of nitrogens with zero attached hydrogens (tertiary/aromatic N) is 2. The van der Waals surface area contributed by atoms with Gasteiger partial charge in [-0.15, -0.1) is 0 Å². The van der Waals surface area contributed by atoms with Crippen LogP contribution in [0.25, 0.3) is 0 Å². The lowest BCUT2D eigenvalue weighted by molar-refractivity contribution is 0.205. The number of nitrogens with one attached hydrogen (secondary N) is 1. The van der Waals surface area contributed by atoms with Gasteiger partial charge < -0.3 is 5.32 Å². The van der Waals surface area contributed by atoms with Crippen LogP contribution in [0.15, 0.2) is 0 Å². The second-order valence-electron chi connectivity index (χ2n) is 2.51. The highest BCUT2D eigenvalue weighted by molar-refractivity contribution is 4.84. The first-order valence-corrected chi connectivity index (χ1v) is 3.43. The molecule has 4 heteroatoms. The molecule has 1 unspecified atom stereocenters. The Bertz CT molecular complexity index is 139. The summed E-state index contributed by atoms with van der Waals surface area (Å²) in [5.41, 5.74) is 0. The number of rotatable bonds is 1. The zero-order valence-corrected chi connectivity index (χ0v) is 5.88. The van der Waals surface area contributed by atoms with E-state index in [1.807, 2.05) is 0 Å². The third kappa shape index (κ3) is 1.95. The van der Waals surface area contributed by atoms with Crippen molar-refractivity contribution in [3.63, 3.8) is 0 Å². The summed E-state index contributed by atoms with van der Waals surface area (Å²) in [5, 5.41) is 13.3. The zero-order chi connectivity index (χ0) is 7.40. The van der Waals surface area contributed by atoms with Crippen molar-refractivity contribution in [3.8, 4) is 6.07 Å². The molecule has 0 bridgehead atoms. The van der Waals surface area contributed by atoms with E-state index in [-0.39, 0.29) is 6.04 Å². The Labute approximate surface area is 60.6 Å². The normalized spacial score (nSPS) is 27.8. The molecule has 0 amide bonds. The maximum atomic E-state index is 8.36. The van der Waals surface area contributed by atoms with Gasteiger partial charge in [-0.1, -0.05) is 0 Å². The Kier molecular flexibility index (Phi) is 2.63. The number of hydrogen-bond donors (Lipinski definition) is 2. The van der Waals surface area contributed by atoms with E-state index in [4.69, 9.17) is 11.1 Å². The van der Waals surface area contributed by atoms with Gasteiger partial charge in [0, 0.05) is 25.7 Å². The molecule has 1 rings (SSSR count). The van der Waals surface area contributed by atoms with Crippen LogP contribution in [0.4, 0.5) is 0 Å². The van der Waals surface area contributed by atoms with Crippen LogP contribution in [0.2, 0.25) is 0 Å². The van der Waals surface area contributed by atoms with Crippen molar-refractivity contribution >= 4 is 0 Å². The van der Waals surface area contributed by atoms with Crippen LogP contribution in [0, 0.1) is 11.3 Å². The molecular weight excluding hydrogens is 128 g/mol. The van der Waals surface area contributed by atoms with Crippen LogP contribution in [-0.4, -0.2) is 30.7 Å². The van der Waals surface area contributed by atoms with Gasteiger partial charge in [-0.2, -0.15) is 5.26 Å². The Balaban J connectivity index is 2.27. The van der Waals surface area contributed by atoms with Crippen LogP contribution in [0.3, 0.4) is 0 Å². The van der Waals surface area contributed by atoms with Gasteiger partial charge in [0.2, 0.25) is 0 Å². The highest BCUT2D eigenvalue weighted by atomic mass is 15.4. The number of nitriles is 1. The summed E-state index contributed by atoms with van der Waals surface area (Å²) in [6, 6.07) is 2.38. The fourth-order valence-electron chi connectivity index (χ4n) is 1.10. The molecule has 1 heterocycles. The molecule has 0 radical (unpaired) electrons. The van der Waals surface area contributed by atoms with Gasteiger partial charge in [0.05, 0.1) is 12.5 Å². The van der Waals surface area contributed by atoms with Gasteiger partial charge >= 0.3 is 0 Å². The average Bonchev–Trinajstić information content (AvgIpc) is 1.88. The Morgan fingerprint density at radius 2 is 2.60 bits per heavy atom. The van der Waals surface area contributed by atoms with Crippen molar-refractivity contribution in [2.24, 2.45) is 5.84 Å². The summed E-state index contributed by atoms with van der Waals surface area (Å²) in [6.45, 7) is 2.55. The van der Waals surface area contributed by atoms with Gasteiger partial charge in [0.25, 0.3) is 0 Å². The largest absolute Gasteiger partial charge is 0.310 e. The standard InChI is InChI=1S/C6H12N4/c7-2-1-6-5-10(8)4-3-9-6/h6,9H,1,3-5,8H2. The molecule has 1 aliphatic rings. The molecule has 1 aliphatic heterocycles. The fraction of sp³-hybridized carbons (Fsp3) is 0.833. The predicted molar refractivity (Wildman–Crippen MR) is 37.8 cm³/mol. The van der Waals surface area contributed by atoms with Crippen molar-refractivity contribution in [2.75, 3.05) is 19.6 Å². The van der Waals surface area contributed by atoms with Crippen molar-refractivity contribution < 1.29 is 0 Å². The second-order valence-corrected chi connectivity index (χ2v) is 2.51. The van der Waals surface area contributed by atoms with Crippen LogP contribution < -0.4 is 11.2 Å². The molecule has 56 valence electrons. The molecule has 1 atom stereocenters. The van der Waals surface area contributed by atoms with Crippen LogP contribution >= 0.6 is 0 Å². The van der Waals surface area contributed by atoms with E-state index in [9.17, 15) is 0 Å². The molecule has 3 N–H and O–H groups in total. The van der Waals surface area contributed by atoms with Crippen molar-refractivity contribution in [3.05, 3.63) is 0 Å². The van der Waals surface area contributed by atoms with E-state index in [0.717, 1.165) is 19.6 Å². The molecule has 0 saturated carbocycles. The fourth-order valence-corrected chi connectivity index (χ4v) is 1.10. The Hall–Kier alpha value is -0.630. The van der Waals surface area contributed by atoms with Gasteiger partial charge in [0.1, 0.15) is 0 Å². The molecule has 0 aromatic heterocycles. The quantitative estimate of drug-likeness (QED) is 0.461. The van der Waals surface area contributed by atoms with Crippen molar-refractivity contribution in [1.82, 2.24) is 10.3 Å². The minimum absolute atomic E-state index is 0.267. The number of hydrazine groups is 1. The van der Waals surface area contributed by atoms with Gasteiger partial charge in [0.15, 0.2) is 0 Å². The molecule has 10 heavy (non-hydrogen) atoms. The lowest BCUT2D eigenvalue weighted by Gasteiger charge is -2.28. The van der Waals surface area contributed by atoms with Gasteiger partial charge in [-0.3, -0.25) is 5.84 Å². The van der Waals surface area contributed by atoms with Crippen molar-refractivity contribution in [2.45, 2.75) is 12.5 Å². The second kappa shape index (κ2) is 3.52. The first-order chi connectivity index (χ1) is 4.83. The minimum Gasteiger partial charge on any atom is -0.310 e. The minimum atomic E-state index is 0.267. The van der Waals surface area contributed by atoms with E-state index in [2.05, 4.69) is 11.4 Å². The SMILES string of the molecule is N#CCC1CN(N)CCN1. The van der Waals surface area contributed by atoms with E-state index in [0.29, 0.717) is 6.42 Å².